The van der Waals surface area contributed by atoms with Gasteiger partial charge in [0.1, 0.15) is 18.1 Å². The fourth-order valence-corrected chi connectivity index (χ4v) is 4.29. The summed E-state index contributed by atoms with van der Waals surface area (Å²) >= 11 is 0. The first-order valence-corrected chi connectivity index (χ1v) is 11.0. The first-order valence-electron chi connectivity index (χ1n) is 11.0. The number of imidazole rings is 1. The molecule has 0 aliphatic carbocycles. The molecule has 5 aromatic rings. The first-order chi connectivity index (χ1) is 16.7. The van der Waals surface area contributed by atoms with Crippen LogP contribution in [-0.2, 0) is 4.79 Å². The lowest BCUT2D eigenvalue weighted by molar-refractivity contribution is -0.114. The molecule has 0 bridgehead atoms. The molecular formula is C27H21N5O2. The second-order valence-electron chi connectivity index (χ2n) is 8.05. The predicted octanol–water partition coefficient (Wildman–Crippen LogP) is 5.59. The van der Waals surface area contributed by atoms with E-state index in [1.165, 1.54) is 0 Å². The monoisotopic (exact) mass is 447 g/mol. The number of rotatable bonds is 4. The summed E-state index contributed by atoms with van der Waals surface area (Å²) in [6.07, 6.45) is 3.53. The van der Waals surface area contributed by atoms with Crippen molar-refractivity contribution in [3.05, 3.63) is 97.0 Å². The van der Waals surface area contributed by atoms with Gasteiger partial charge in [-0.3, -0.25) is 14.2 Å². The Morgan fingerprint density at radius 2 is 1.56 bits per heavy atom. The first kappa shape index (κ1) is 20.0. The second kappa shape index (κ2) is 8.04. The molecule has 0 unspecified atom stereocenters. The maximum absolute atomic E-state index is 13.5. The van der Waals surface area contributed by atoms with E-state index in [2.05, 4.69) is 10.3 Å². The Morgan fingerprint density at radius 3 is 2.26 bits per heavy atom. The zero-order valence-electron chi connectivity index (χ0n) is 18.5. The number of nitrogens with one attached hydrogen (secondary N) is 1. The van der Waals surface area contributed by atoms with Gasteiger partial charge < -0.3 is 15.0 Å². The molecule has 3 heterocycles. The van der Waals surface area contributed by atoms with Gasteiger partial charge in [0, 0.05) is 18.0 Å². The minimum atomic E-state index is -0.167. The van der Waals surface area contributed by atoms with Gasteiger partial charge in [-0.1, -0.05) is 54.6 Å². The number of para-hydroxylation sites is 4. The predicted molar refractivity (Wildman–Crippen MR) is 132 cm³/mol. The summed E-state index contributed by atoms with van der Waals surface area (Å²) in [4.78, 5) is 24.6. The van der Waals surface area contributed by atoms with Crippen LogP contribution in [0.1, 0.15) is 5.69 Å². The Morgan fingerprint density at radius 1 is 0.912 bits per heavy atom. The van der Waals surface area contributed by atoms with Gasteiger partial charge >= 0.3 is 0 Å². The number of benzene rings is 3. The van der Waals surface area contributed by atoms with E-state index in [1.54, 1.807) is 6.20 Å². The third kappa shape index (κ3) is 3.34. The van der Waals surface area contributed by atoms with Crippen LogP contribution in [0.4, 0.5) is 17.2 Å². The molecule has 7 heteroatoms. The molecule has 3 aromatic carbocycles. The Kier molecular flexibility index (Phi) is 4.73. The average molecular weight is 447 g/mol. The van der Waals surface area contributed by atoms with Gasteiger partial charge in [0.25, 0.3) is 0 Å². The molecule has 0 atom stereocenters. The summed E-state index contributed by atoms with van der Waals surface area (Å²) in [5, 5.41) is 3.12. The van der Waals surface area contributed by atoms with Crippen LogP contribution in [0.5, 0.6) is 11.5 Å². The lowest BCUT2D eigenvalue weighted by Gasteiger charge is -2.32. The molecule has 0 saturated heterocycles. The van der Waals surface area contributed by atoms with Crippen molar-refractivity contribution in [2.75, 3.05) is 16.8 Å². The fourth-order valence-electron chi connectivity index (χ4n) is 4.29. The number of fused-ring (bicyclic) bond motifs is 3. The lowest BCUT2D eigenvalue weighted by atomic mass is 10.1. The van der Waals surface area contributed by atoms with Gasteiger partial charge in [-0.25, -0.2) is 4.98 Å². The molecule has 0 spiro atoms. The molecule has 0 fully saturated rings. The van der Waals surface area contributed by atoms with Crippen molar-refractivity contribution in [2.45, 2.75) is 6.92 Å². The molecule has 1 amide bonds. The van der Waals surface area contributed by atoms with Crippen molar-refractivity contribution in [2.24, 2.45) is 0 Å². The summed E-state index contributed by atoms with van der Waals surface area (Å²) in [5.41, 5.74) is 4.81. The van der Waals surface area contributed by atoms with E-state index in [4.69, 9.17) is 9.72 Å². The Hall–Kier alpha value is -4.65. The van der Waals surface area contributed by atoms with Crippen molar-refractivity contribution in [3.63, 3.8) is 0 Å². The number of hydrogen-bond donors (Lipinski definition) is 1. The van der Waals surface area contributed by atoms with Crippen LogP contribution in [-0.4, -0.2) is 26.8 Å². The number of aryl methyl sites for hydroxylation is 1. The van der Waals surface area contributed by atoms with Crippen LogP contribution in [0.25, 0.3) is 16.9 Å². The molecule has 7 nitrogen and oxygen atoms in total. The number of carbonyl (C=O) groups excluding carboxylic acids is 1. The SMILES string of the molecule is Cc1nccn2c(NC(=O)CN3c4ccccc4Oc4ccccc43)c(-c3ccccc3)nc12. The number of anilines is 3. The molecule has 2 aromatic heterocycles. The summed E-state index contributed by atoms with van der Waals surface area (Å²) < 4.78 is 7.93. The van der Waals surface area contributed by atoms with Gasteiger partial charge in [0.05, 0.1) is 17.1 Å². The molecule has 1 N–H and O–H groups in total. The van der Waals surface area contributed by atoms with Crippen LogP contribution in [0.3, 0.4) is 0 Å². The van der Waals surface area contributed by atoms with Gasteiger partial charge in [-0.2, -0.15) is 0 Å². The molecule has 1 aliphatic heterocycles. The number of aromatic nitrogens is 3. The summed E-state index contributed by atoms with van der Waals surface area (Å²) in [6, 6.07) is 25.3. The average Bonchev–Trinajstić information content (AvgIpc) is 3.24. The van der Waals surface area contributed by atoms with Crippen LogP contribution in [0.15, 0.2) is 91.3 Å². The van der Waals surface area contributed by atoms with E-state index < -0.39 is 0 Å². The lowest BCUT2D eigenvalue weighted by Crippen LogP contribution is -2.32. The highest BCUT2D eigenvalue weighted by atomic mass is 16.5. The quantitative estimate of drug-likeness (QED) is 0.389. The molecule has 0 radical (unpaired) electrons. The van der Waals surface area contributed by atoms with E-state index in [0.29, 0.717) is 17.2 Å². The van der Waals surface area contributed by atoms with Crippen LogP contribution < -0.4 is 15.0 Å². The second-order valence-corrected chi connectivity index (χ2v) is 8.05. The number of ether oxygens (including phenoxy) is 1. The maximum Gasteiger partial charge on any atom is 0.245 e. The Labute approximate surface area is 196 Å². The van der Waals surface area contributed by atoms with Gasteiger partial charge in [-0.05, 0) is 31.2 Å². The molecule has 6 rings (SSSR count). The van der Waals surface area contributed by atoms with E-state index in [1.807, 2.05) is 101 Å². The number of hydrogen-bond acceptors (Lipinski definition) is 5. The summed E-state index contributed by atoms with van der Waals surface area (Å²) in [6.45, 7) is 2.02. The molecule has 0 saturated carbocycles. The Balaban J connectivity index is 1.39. The van der Waals surface area contributed by atoms with E-state index in [-0.39, 0.29) is 12.5 Å². The molecule has 166 valence electrons. The smallest absolute Gasteiger partial charge is 0.245 e. The fraction of sp³-hybridized carbons (Fsp3) is 0.0741. The van der Waals surface area contributed by atoms with Crippen LogP contribution >= 0.6 is 0 Å². The minimum Gasteiger partial charge on any atom is -0.453 e. The van der Waals surface area contributed by atoms with E-state index in [0.717, 1.165) is 34.1 Å². The highest BCUT2D eigenvalue weighted by Gasteiger charge is 2.26. The van der Waals surface area contributed by atoms with Gasteiger partial charge in [0.15, 0.2) is 17.1 Å². The normalized spacial score (nSPS) is 12.1. The van der Waals surface area contributed by atoms with E-state index >= 15 is 0 Å². The van der Waals surface area contributed by atoms with Gasteiger partial charge in [0.2, 0.25) is 5.91 Å². The van der Waals surface area contributed by atoms with Crippen LogP contribution in [0, 0.1) is 6.92 Å². The summed E-state index contributed by atoms with van der Waals surface area (Å²) in [7, 11) is 0. The Bertz CT molecular complexity index is 1480. The third-order valence-corrected chi connectivity index (χ3v) is 5.86. The van der Waals surface area contributed by atoms with Crippen molar-refractivity contribution in [3.8, 4) is 22.8 Å². The van der Waals surface area contributed by atoms with Crippen LogP contribution in [0.2, 0.25) is 0 Å². The highest BCUT2D eigenvalue weighted by Crippen LogP contribution is 2.46. The van der Waals surface area contributed by atoms with Crippen molar-refractivity contribution < 1.29 is 9.53 Å². The zero-order chi connectivity index (χ0) is 23.1. The largest absolute Gasteiger partial charge is 0.453 e. The molecule has 34 heavy (non-hydrogen) atoms. The zero-order valence-corrected chi connectivity index (χ0v) is 18.5. The van der Waals surface area contributed by atoms with E-state index in [9.17, 15) is 4.79 Å². The van der Waals surface area contributed by atoms with Crippen molar-refractivity contribution >= 4 is 28.7 Å². The number of carbonyl (C=O) groups is 1. The third-order valence-electron chi connectivity index (χ3n) is 5.86. The molecule has 1 aliphatic rings. The van der Waals surface area contributed by atoms with Gasteiger partial charge in [-0.15, -0.1) is 0 Å². The van der Waals surface area contributed by atoms with Crippen molar-refractivity contribution in [1.82, 2.24) is 14.4 Å². The standard InChI is InChI=1S/C27H21N5O2/c1-18-26-30-25(19-9-3-2-4-10-19)27(31(26)16-15-28-18)29-24(33)17-32-20-11-5-7-13-22(20)34-23-14-8-6-12-21(23)32/h2-16H,17H2,1H3,(H,29,33). The van der Waals surface area contributed by atoms with Crippen molar-refractivity contribution in [1.29, 1.82) is 0 Å². The number of amides is 1. The minimum absolute atomic E-state index is 0.114. The topological polar surface area (TPSA) is 71.8 Å². The molecular weight excluding hydrogens is 426 g/mol. The maximum atomic E-state index is 13.5. The summed E-state index contributed by atoms with van der Waals surface area (Å²) in [5.74, 6) is 1.89. The highest BCUT2D eigenvalue weighted by molar-refractivity contribution is 5.99. The number of nitrogens with zero attached hydrogens (tertiary/aromatic N) is 4.